The number of rotatable bonds is 5. The third kappa shape index (κ3) is 3.98. The maximum Gasteiger partial charge on any atom is 0.255 e. The summed E-state index contributed by atoms with van der Waals surface area (Å²) in [7, 11) is 0. The lowest BCUT2D eigenvalue weighted by Gasteiger charge is -2.21. The lowest BCUT2D eigenvalue weighted by Crippen LogP contribution is -2.38. The highest BCUT2D eigenvalue weighted by Crippen LogP contribution is 2.17. The fourth-order valence-electron chi connectivity index (χ4n) is 1.52. The highest BCUT2D eigenvalue weighted by molar-refractivity contribution is 7.80. The maximum atomic E-state index is 12.2. The van der Waals surface area contributed by atoms with E-state index in [0.29, 0.717) is 22.1 Å². The fraction of sp³-hybridized carbons (Fsp3) is 0.333. The molecular weight excluding hydrogens is 256 g/mol. The van der Waals surface area contributed by atoms with E-state index in [9.17, 15) is 4.79 Å². The zero-order valence-corrected chi connectivity index (χ0v) is 11.2. The number of thiocarbonyl (C=S) groups is 1. The van der Waals surface area contributed by atoms with Gasteiger partial charge in [-0.2, -0.15) is 0 Å². The molecule has 0 spiro atoms. The van der Waals surface area contributed by atoms with Crippen molar-refractivity contribution in [3.63, 3.8) is 0 Å². The number of benzene rings is 1. The molecule has 1 amide bonds. The average molecular weight is 271 g/mol. The number of nitrogens with zero attached hydrogens (tertiary/aromatic N) is 1. The summed E-state index contributed by atoms with van der Waals surface area (Å²) in [6, 6.07) is 6.97. The molecule has 92 valence electrons. The van der Waals surface area contributed by atoms with Gasteiger partial charge in [0.15, 0.2) is 0 Å². The van der Waals surface area contributed by atoms with Crippen LogP contribution in [0, 0.1) is 0 Å². The Balaban J connectivity index is 2.91. The summed E-state index contributed by atoms with van der Waals surface area (Å²) in [5, 5.41) is 0.446. The predicted molar refractivity (Wildman–Crippen MR) is 74.4 cm³/mol. The average Bonchev–Trinajstić information content (AvgIpc) is 2.28. The molecule has 3 nitrogen and oxygen atoms in total. The van der Waals surface area contributed by atoms with Crippen LogP contribution in [0.4, 0.5) is 0 Å². The van der Waals surface area contributed by atoms with E-state index in [1.165, 1.54) is 0 Å². The van der Waals surface area contributed by atoms with Gasteiger partial charge in [-0.25, -0.2) is 0 Å². The van der Waals surface area contributed by atoms with Crippen molar-refractivity contribution in [2.24, 2.45) is 5.73 Å². The van der Waals surface area contributed by atoms with E-state index in [2.05, 4.69) is 0 Å². The molecule has 0 bridgehead atoms. The molecule has 0 unspecified atom stereocenters. The van der Waals surface area contributed by atoms with Crippen LogP contribution < -0.4 is 5.73 Å². The number of amides is 1. The number of halogens is 1. The van der Waals surface area contributed by atoms with Crippen LogP contribution in [0.5, 0.6) is 0 Å². The fourth-order valence-corrected chi connectivity index (χ4v) is 1.89. The van der Waals surface area contributed by atoms with Crippen LogP contribution in [0.2, 0.25) is 5.02 Å². The van der Waals surface area contributed by atoms with Crippen molar-refractivity contribution < 1.29 is 4.79 Å². The summed E-state index contributed by atoms with van der Waals surface area (Å²) in [5.41, 5.74) is 5.97. The molecule has 5 heteroatoms. The second-order valence-corrected chi connectivity index (χ2v) is 4.60. The third-order valence-corrected chi connectivity index (χ3v) is 2.69. The molecular formula is C12H15ClN2OS. The van der Waals surface area contributed by atoms with E-state index in [-0.39, 0.29) is 12.5 Å². The van der Waals surface area contributed by atoms with Gasteiger partial charge in [-0.05, 0) is 18.6 Å². The Kier molecular flexibility index (Phi) is 5.38. The SMILES string of the molecule is CCCN(CC(N)=S)C(=O)c1ccccc1Cl. The number of carbonyl (C=O) groups is 1. The van der Waals surface area contributed by atoms with Crippen LogP contribution in [-0.2, 0) is 0 Å². The minimum atomic E-state index is -0.134. The molecule has 0 aliphatic carbocycles. The summed E-state index contributed by atoms with van der Waals surface area (Å²) in [6.45, 7) is 2.89. The lowest BCUT2D eigenvalue weighted by molar-refractivity contribution is 0.0780. The Hall–Kier alpha value is -1.13. The van der Waals surface area contributed by atoms with Gasteiger partial charge in [0.2, 0.25) is 0 Å². The number of hydrogen-bond acceptors (Lipinski definition) is 2. The summed E-state index contributed by atoms with van der Waals surface area (Å²) in [4.78, 5) is 14.1. The molecule has 17 heavy (non-hydrogen) atoms. The van der Waals surface area contributed by atoms with Gasteiger partial charge >= 0.3 is 0 Å². The largest absolute Gasteiger partial charge is 0.392 e. The molecule has 0 fully saturated rings. The van der Waals surface area contributed by atoms with Crippen molar-refractivity contribution in [2.75, 3.05) is 13.1 Å². The van der Waals surface area contributed by atoms with E-state index < -0.39 is 0 Å². The maximum absolute atomic E-state index is 12.2. The van der Waals surface area contributed by atoms with Crippen LogP contribution in [0.15, 0.2) is 24.3 Å². The van der Waals surface area contributed by atoms with Crippen LogP contribution in [-0.4, -0.2) is 28.9 Å². The zero-order chi connectivity index (χ0) is 12.8. The van der Waals surface area contributed by atoms with Crippen LogP contribution >= 0.6 is 23.8 Å². The highest BCUT2D eigenvalue weighted by atomic mass is 35.5. The molecule has 2 N–H and O–H groups in total. The lowest BCUT2D eigenvalue weighted by atomic mass is 10.2. The van der Waals surface area contributed by atoms with Gasteiger partial charge in [0, 0.05) is 6.54 Å². The Morgan fingerprint density at radius 3 is 2.65 bits per heavy atom. The van der Waals surface area contributed by atoms with Crippen molar-refractivity contribution in [1.82, 2.24) is 4.90 Å². The quantitative estimate of drug-likeness (QED) is 0.836. The highest BCUT2D eigenvalue weighted by Gasteiger charge is 2.17. The van der Waals surface area contributed by atoms with E-state index in [1.807, 2.05) is 6.92 Å². The van der Waals surface area contributed by atoms with Crippen molar-refractivity contribution in [1.29, 1.82) is 0 Å². The molecule has 0 aromatic heterocycles. The standard InChI is InChI=1S/C12H15ClN2OS/c1-2-7-15(8-11(14)17)12(16)9-5-3-4-6-10(9)13/h3-6H,2,7-8H2,1H3,(H2,14,17). The number of carbonyl (C=O) groups excluding carboxylic acids is 1. The number of nitrogens with two attached hydrogens (primary N) is 1. The predicted octanol–water partition coefficient (Wildman–Crippen LogP) is 2.48. The summed E-state index contributed by atoms with van der Waals surface area (Å²) < 4.78 is 0. The molecule has 0 radical (unpaired) electrons. The first-order chi connectivity index (χ1) is 8.06. The zero-order valence-electron chi connectivity index (χ0n) is 9.65. The van der Waals surface area contributed by atoms with Crippen LogP contribution in [0.1, 0.15) is 23.7 Å². The smallest absolute Gasteiger partial charge is 0.255 e. The first-order valence-corrected chi connectivity index (χ1v) is 6.17. The molecule has 1 aromatic rings. The molecule has 0 saturated heterocycles. The molecule has 0 aliphatic heterocycles. The van der Waals surface area contributed by atoms with Crippen molar-refractivity contribution in [3.05, 3.63) is 34.9 Å². The van der Waals surface area contributed by atoms with Crippen molar-refractivity contribution in [2.45, 2.75) is 13.3 Å². The molecule has 0 atom stereocenters. The Bertz CT molecular complexity index is 423. The van der Waals surface area contributed by atoms with Gasteiger partial charge in [-0.15, -0.1) is 0 Å². The van der Waals surface area contributed by atoms with Gasteiger partial charge in [-0.3, -0.25) is 4.79 Å². The second kappa shape index (κ2) is 6.57. The summed E-state index contributed by atoms with van der Waals surface area (Å²) in [5.74, 6) is -0.134. The Labute approximate surface area is 112 Å². The van der Waals surface area contributed by atoms with E-state index >= 15 is 0 Å². The van der Waals surface area contributed by atoms with E-state index in [0.717, 1.165) is 6.42 Å². The number of hydrogen-bond donors (Lipinski definition) is 1. The summed E-state index contributed by atoms with van der Waals surface area (Å²) in [6.07, 6.45) is 0.846. The molecule has 0 aliphatic rings. The monoisotopic (exact) mass is 270 g/mol. The van der Waals surface area contributed by atoms with Gasteiger partial charge < -0.3 is 10.6 Å². The van der Waals surface area contributed by atoms with Crippen LogP contribution in [0.25, 0.3) is 0 Å². The van der Waals surface area contributed by atoms with E-state index in [4.69, 9.17) is 29.6 Å². The molecule has 0 heterocycles. The normalized spacial score (nSPS) is 10.0. The van der Waals surface area contributed by atoms with Gasteiger partial charge in [-0.1, -0.05) is 42.9 Å². The Morgan fingerprint density at radius 2 is 2.12 bits per heavy atom. The molecule has 1 aromatic carbocycles. The second-order valence-electron chi connectivity index (χ2n) is 3.67. The van der Waals surface area contributed by atoms with Gasteiger partial charge in [0.25, 0.3) is 5.91 Å². The first kappa shape index (κ1) is 13.9. The minimum absolute atomic E-state index is 0.134. The van der Waals surface area contributed by atoms with Crippen LogP contribution in [0.3, 0.4) is 0 Å². The minimum Gasteiger partial charge on any atom is -0.392 e. The topological polar surface area (TPSA) is 46.3 Å². The van der Waals surface area contributed by atoms with Crippen molar-refractivity contribution >= 4 is 34.7 Å². The summed E-state index contributed by atoms with van der Waals surface area (Å²) >= 11 is 10.8. The van der Waals surface area contributed by atoms with Gasteiger partial charge in [0.1, 0.15) is 0 Å². The van der Waals surface area contributed by atoms with Crippen molar-refractivity contribution in [3.8, 4) is 0 Å². The third-order valence-electron chi connectivity index (χ3n) is 2.23. The van der Waals surface area contributed by atoms with Gasteiger partial charge in [0.05, 0.1) is 22.1 Å². The van der Waals surface area contributed by atoms with E-state index in [1.54, 1.807) is 29.2 Å². The first-order valence-electron chi connectivity index (χ1n) is 5.38. The molecule has 1 rings (SSSR count). The molecule has 0 saturated carbocycles. The Morgan fingerprint density at radius 1 is 1.47 bits per heavy atom.